The number of aromatic nitrogens is 15. The maximum atomic E-state index is 11.3. The predicted octanol–water partition coefficient (Wildman–Crippen LogP) is 7.90. The third kappa shape index (κ3) is 6.39. The van der Waals surface area contributed by atoms with Gasteiger partial charge in [-0.25, -0.2) is 43.9 Å². The highest BCUT2D eigenvalue weighted by molar-refractivity contribution is 6.03. The highest BCUT2D eigenvalue weighted by Crippen LogP contribution is 2.39. The van der Waals surface area contributed by atoms with Gasteiger partial charge in [0.1, 0.15) is 65.0 Å². The van der Waals surface area contributed by atoms with Crippen molar-refractivity contribution in [2.75, 3.05) is 17.2 Å². The van der Waals surface area contributed by atoms with E-state index in [-0.39, 0.29) is 29.6 Å². The molecule has 0 radical (unpaired) electrons. The van der Waals surface area contributed by atoms with Crippen molar-refractivity contribution in [2.24, 2.45) is 0 Å². The van der Waals surface area contributed by atoms with Crippen LogP contribution in [0.15, 0.2) is 85.7 Å². The quantitative estimate of drug-likeness (QED) is 0.0647. The average Bonchev–Trinajstić information content (AvgIpc) is 4.17. The Hall–Kier alpha value is -9.07. The summed E-state index contributed by atoms with van der Waals surface area (Å²) in [5.41, 5.74) is 29.6. The molecule has 20 nitrogen and oxygen atoms in total. The van der Waals surface area contributed by atoms with Crippen molar-refractivity contribution >= 4 is 83.3 Å². The van der Waals surface area contributed by atoms with Crippen molar-refractivity contribution in [3.05, 3.63) is 96.8 Å². The van der Waals surface area contributed by atoms with Crippen LogP contribution in [0.1, 0.15) is 56.9 Å². The number of phenolic OH excluding ortho intramolecular Hbond substituents is 2. The van der Waals surface area contributed by atoms with Gasteiger partial charge in [-0.1, -0.05) is 6.07 Å². The highest BCUT2D eigenvalue weighted by Gasteiger charge is 2.25. The van der Waals surface area contributed by atoms with Gasteiger partial charge in [0, 0.05) is 33.2 Å². The van der Waals surface area contributed by atoms with Crippen molar-refractivity contribution < 1.29 is 10.2 Å². The first-order chi connectivity index (χ1) is 32.9. The average molecular weight is 905 g/mol. The summed E-state index contributed by atoms with van der Waals surface area (Å²) in [6, 6.07) is 21.0. The molecule has 0 aliphatic carbocycles. The van der Waals surface area contributed by atoms with Crippen molar-refractivity contribution in [3.8, 4) is 45.7 Å². The molecule has 20 heteroatoms. The summed E-state index contributed by atoms with van der Waals surface area (Å²) in [5.74, 6) is 1.26. The summed E-state index contributed by atoms with van der Waals surface area (Å²) in [7, 11) is 0. The third-order valence-corrected chi connectivity index (χ3v) is 12.8. The SMILES string of the molecule is CC(C)n1nc(-c2cc3cc(CC(C)n4nc(-c5cc6cc(CC(C)n7nc(-c8cc9cc(O)ccc9[nH]8)c8c(N)ncnc87)ccc6[nH]5)c5c(N)ncnc54)cc(O)c3[nH]2)c2c(N)ncnc21. The van der Waals surface area contributed by atoms with Crippen molar-refractivity contribution in [2.45, 2.75) is 58.7 Å². The largest absolute Gasteiger partial charge is 0.508 e. The summed E-state index contributed by atoms with van der Waals surface area (Å²) >= 11 is 0. The van der Waals surface area contributed by atoms with Crippen LogP contribution in [0.4, 0.5) is 17.5 Å². The van der Waals surface area contributed by atoms with Crippen LogP contribution in [0.5, 0.6) is 11.5 Å². The molecule has 0 spiro atoms. The fourth-order valence-corrected chi connectivity index (χ4v) is 9.60. The van der Waals surface area contributed by atoms with Crippen LogP contribution in [0.3, 0.4) is 0 Å². The Morgan fingerprint density at radius 2 is 0.956 bits per heavy atom. The number of hydrogen-bond acceptors (Lipinski definition) is 14. The second kappa shape index (κ2) is 15.0. The van der Waals surface area contributed by atoms with E-state index in [2.05, 4.69) is 83.0 Å². The predicted molar refractivity (Wildman–Crippen MR) is 262 cm³/mol. The van der Waals surface area contributed by atoms with Crippen LogP contribution in [0.25, 0.3) is 100.0 Å². The van der Waals surface area contributed by atoms with Crippen molar-refractivity contribution in [1.82, 2.24) is 74.2 Å². The number of hydrogen-bond donors (Lipinski definition) is 8. The van der Waals surface area contributed by atoms with Gasteiger partial charge in [-0.15, -0.1) is 0 Å². The fraction of sp³-hybridized carbons (Fsp3) is 0.188. The molecule has 338 valence electrons. The Bertz CT molecular complexity index is 3980. The zero-order valence-corrected chi connectivity index (χ0v) is 37.2. The number of phenols is 2. The maximum Gasteiger partial charge on any atom is 0.164 e. The lowest BCUT2D eigenvalue weighted by Crippen LogP contribution is -2.11. The van der Waals surface area contributed by atoms with Crippen LogP contribution in [0, 0.1) is 0 Å². The summed E-state index contributed by atoms with van der Waals surface area (Å²) in [5, 5.41) is 41.0. The topological polar surface area (TPSA) is 297 Å². The number of nitrogen functional groups attached to an aromatic ring is 3. The zero-order valence-electron chi connectivity index (χ0n) is 37.2. The first kappa shape index (κ1) is 40.4. The van der Waals surface area contributed by atoms with E-state index in [1.54, 1.807) is 18.2 Å². The monoisotopic (exact) mass is 904 g/mol. The molecule has 0 fully saturated rings. The van der Waals surface area contributed by atoms with Gasteiger partial charge in [-0.3, -0.25) is 0 Å². The highest BCUT2D eigenvalue weighted by atomic mass is 16.3. The Kier molecular flexibility index (Phi) is 8.91. The summed E-state index contributed by atoms with van der Waals surface area (Å²) in [4.78, 5) is 36.9. The standard InChI is InChI=1S/C48H44N18O2/c1-21(2)64-46-36(43(49)52-18-55-46)42(61-64)34-17-28-12-25(13-35(68)39(28)60-34)10-23(4)66-48-37(44(50)54-20-57-48)40(63-66)32-15-26-11-24(5-7-30(26)58-32)9-22(3)65-47-38(45(51)53-19-56-47)41(62-65)33-16-27-14-29(67)6-8-31(27)59-33/h5-8,11-23,58-60,67-68H,9-10H2,1-4H3,(H2,49,52,55)(H2,50,54,57)(H2,51,53,56). The van der Waals surface area contributed by atoms with Gasteiger partial charge in [-0.2, -0.15) is 15.3 Å². The number of nitrogens with two attached hydrogens (primary N) is 3. The molecule has 12 aromatic rings. The Labute approximate surface area is 384 Å². The number of nitrogens with zero attached hydrogens (tertiary/aromatic N) is 12. The first-order valence-electron chi connectivity index (χ1n) is 22.1. The van der Waals surface area contributed by atoms with E-state index in [0.29, 0.717) is 91.7 Å². The molecule has 9 aromatic heterocycles. The van der Waals surface area contributed by atoms with E-state index in [1.807, 2.05) is 52.2 Å². The molecule has 9 heterocycles. The smallest absolute Gasteiger partial charge is 0.164 e. The Morgan fingerprint density at radius 1 is 0.500 bits per heavy atom. The van der Waals surface area contributed by atoms with E-state index in [4.69, 9.17) is 32.5 Å². The molecule has 3 aromatic carbocycles. The van der Waals surface area contributed by atoms with Gasteiger partial charge < -0.3 is 42.4 Å². The first-order valence-corrected chi connectivity index (χ1v) is 22.1. The summed E-state index contributed by atoms with van der Waals surface area (Å²) in [6.45, 7) is 8.21. The van der Waals surface area contributed by atoms with Crippen LogP contribution in [-0.2, 0) is 12.8 Å². The van der Waals surface area contributed by atoms with Crippen LogP contribution < -0.4 is 17.2 Å². The minimum atomic E-state index is -0.208. The number of benzene rings is 3. The maximum absolute atomic E-state index is 11.3. The van der Waals surface area contributed by atoms with Crippen LogP contribution in [-0.4, -0.2) is 84.4 Å². The fourth-order valence-electron chi connectivity index (χ4n) is 9.60. The van der Waals surface area contributed by atoms with Gasteiger partial charge in [0.25, 0.3) is 0 Å². The number of nitrogens with one attached hydrogen (secondary N) is 3. The molecule has 2 atom stereocenters. The number of aromatic hydroxyl groups is 2. The van der Waals surface area contributed by atoms with Gasteiger partial charge in [0.05, 0.1) is 50.8 Å². The molecule has 11 N–H and O–H groups in total. The number of H-pyrrole nitrogens is 3. The number of fused-ring (bicyclic) bond motifs is 6. The van der Waals surface area contributed by atoms with Gasteiger partial charge in [0.2, 0.25) is 0 Å². The minimum Gasteiger partial charge on any atom is -0.508 e. The summed E-state index contributed by atoms with van der Waals surface area (Å²) in [6.07, 6.45) is 5.50. The van der Waals surface area contributed by atoms with E-state index in [0.717, 1.165) is 49.7 Å². The second-order valence-electron chi connectivity index (χ2n) is 17.8. The minimum absolute atomic E-state index is 0.0363. The van der Waals surface area contributed by atoms with E-state index < -0.39 is 0 Å². The molecular formula is C48H44N18O2. The zero-order chi connectivity index (χ0) is 46.7. The van der Waals surface area contributed by atoms with Gasteiger partial charge in [-0.05, 0) is 112 Å². The molecule has 0 saturated heterocycles. The number of aromatic amines is 3. The third-order valence-electron chi connectivity index (χ3n) is 12.8. The molecule has 2 unspecified atom stereocenters. The normalized spacial score (nSPS) is 13.1. The van der Waals surface area contributed by atoms with Gasteiger partial charge >= 0.3 is 0 Å². The molecule has 12 rings (SSSR count). The van der Waals surface area contributed by atoms with E-state index >= 15 is 0 Å². The molecule has 0 aliphatic rings. The summed E-state index contributed by atoms with van der Waals surface area (Å²) < 4.78 is 5.59. The molecule has 0 bridgehead atoms. The number of rotatable bonds is 10. The molecule has 0 aliphatic heterocycles. The van der Waals surface area contributed by atoms with E-state index in [1.165, 1.54) is 19.0 Å². The van der Waals surface area contributed by atoms with Crippen LogP contribution in [0.2, 0.25) is 0 Å². The lowest BCUT2D eigenvalue weighted by molar-refractivity contribution is 0.475. The van der Waals surface area contributed by atoms with E-state index in [9.17, 15) is 10.2 Å². The Morgan fingerprint density at radius 3 is 1.51 bits per heavy atom. The van der Waals surface area contributed by atoms with Crippen molar-refractivity contribution in [1.29, 1.82) is 0 Å². The van der Waals surface area contributed by atoms with Crippen LogP contribution >= 0.6 is 0 Å². The number of anilines is 3. The molecule has 0 amide bonds. The Balaban J connectivity index is 0.839. The van der Waals surface area contributed by atoms with Gasteiger partial charge in [0.15, 0.2) is 16.9 Å². The lowest BCUT2D eigenvalue weighted by atomic mass is 10.0. The second-order valence-corrected chi connectivity index (χ2v) is 17.8. The lowest BCUT2D eigenvalue weighted by Gasteiger charge is -2.13. The molecular weight excluding hydrogens is 861 g/mol. The molecule has 68 heavy (non-hydrogen) atoms. The molecule has 0 saturated carbocycles. The van der Waals surface area contributed by atoms with Crippen molar-refractivity contribution in [3.63, 3.8) is 0 Å².